The fourth-order valence-corrected chi connectivity index (χ4v) is 4.22. The van der Waals surface area contributed by atoms with Gasteiger partial charge in [0.15, 0.2) is 0 Å². The third-order valence-corrected chi connectivity index (χ3v) is 5.51. The summed E-state index contributed by atoms with van der Waals surface area (Å²) in [5.41, 5.74) is 6.40. The lowest BCUT2D eigenvalue weighted by Crippen LogP contribution is -2.54. The summed E-state index contributed by atoms with van der Waals surface area (Å²) in [6.07, 6.45) is 7.63. The average Bonchev–Trinajstić information content (AvgIpc) is 3.06. The van der Waals surface area contributed by atoms with Crippen molar-refractivity contribution >= 4 is 0 Å². The van der Waals surface area contributed by atoms with E-state index in [1.54, 1.807) is 0 Å². The number of nitrogens with two attached hydrogens (primary N) is 1. The fourth-order valence-electron chi connectivity index (χ4n) is 4.22. The van der Waals surface area contributed by atoms with E-state index in [-0.39, 0.29) is 5.54 Å². The van der Waals surface area contributed by atoms with Crippen LogP contribution in [0.1, 0.15) is 38.5 Å². The normalized spacial score (nSPS) is 38.7. The van der Waals surface area contributed by atoms with E-state index in [9.17, 15) is 0 Å². The minimum Gasteiger partial charge on any atom is -0.381 e. The SMILES string of the molecule is NCC1(N2CCC(N3CCCC3)C2)CCCOCC1. The van der Waals surface area contributed by atoms with Crippen LogP contribution in [-0.2, 0) is 4.74 Å². The average molecular weight is 267 g/mol. The molecule has 3 heterocycles. The van der Waals surface area contributed by atoms with E-state index in [0.717, 1.165) is 32.2 Å². The van der Waals surface area contributed by atoms with Gasteiger partial charge in [-0.15, -0.1) is 0 Å². The molecule has 0 spiro atoms. The van der Waals surface area contributed by atoms with E-state index in [1.807, 2.05) is 0 Å². The Labute approximate surface area is 117 Å². The van der Waals surface area contributed by atoms with Crippen LogP contribution in [0, 0.1) is 0 Å². The molecule has 3 saturated heterocycles. The second kappa shape index (κ2) is 6.08. The van der Waals surface area contributed by atoms with Crippen LogP contribution in [0.15, 0.2) is 0 Å². The second-order valence-corrected chi connectivity index (χ2v) is 6.53. The zero-order valence-corrected chi connectivity index (χ0v) is 12.1. The van der Waals surface area contributed by atoms with Gasteiger partial charge in [-0.25, -0.2) is 0 Å². The Hall–Kier alpha value is -0.160. The number of ether oxygens (including phenoxy) is 1. The summed E-state index contributed by atoms with van der Waals surface area (Å²) in [4.78, 5) is 5.40. The second-order valence-electron chi connectivity index (χ2n) is 6.53. The number of hydrogen-bond acceptors (Lipinski definition) is 4. The van der Waals surface area contributed by atoms with E-state index in [4.69, 9.17) is 10.5 Å². The fraction of sp³-hybridized carbons (Fsp3) is 1.00. The predicted molar refractivity (Wildman–Crippen MR) is 77.2 cm³/mol. The van der Waals surface area contributed by atoms with Crippen LogP contribution < -0.4 is 5.73 Å². The molecular weight excluding hydrogens is 238 g/mol. The van der Waals surface area contributed by atoms with Crippen molar-refractivity contribution in [3.05, 3.63) is 0 Å². The van der Waals surface area contributed by atoms with Crippen molar-refractivity contribution in [2.75, 3.05) is 45.9 Å². The zero-order chi connectivity index (χ0) is 13.1. The van der Waals surface area contributed by atoms with Gasteiger partial charge in [-0.1, -0.05) is 0 Å². The monoisotopic (exact) mass is 267 g/mol. The molecule has 2 atom stereocenters. The Balaban J connectivity index is 1.63. The van der Waals surface area contributed by atoms with Crippen molar-refractivity contribution in [3.63, 3.8) is 0 Å². The summed E-state index contributed by atoms with van der Waals surface area (Å²) < 4.78 is 5.65. The van der Waals surface area contributed by atoms with Gasteiger partial charge in [-0.2, -0.15) is 0 Å². The Morgan fingerprint density at radius 1 is 1.05 bits per heavy atom. The quantitative estimate of drug-likeness (QED) is 0.830. The molecule has 19 heavy (non-hydrogen) atoms. The first-order valence-electron chi connectivity index (χ1n) is 8.11. The van der Waals surface area contributed by atoms with Crippen molar-refractivity contribution in [2.45, 2.75) is 50.1 Å². The third kappa shape index (κ3) is 2.82. The van der Waals surface area contributed by atoms with Crippen LogP contribution in [0.4, 0.5) is 0 Å². The lowest BCUT2D eigenvalue weighted by molar-refractivity contribution is 0.0803. The number of likely N-dealkylation sites (tertiary alicyclic amines) is 2. The predicted octanol–water partition coefficient (Wildman–Crippen LogP) is 1.05. The molecule has 3 aliphatic rings. The first-order chi connectivity index (χ1) is 9.34. The molecular formula is C15H29N3O. The van der Waals surface area contributed by atoms with Gasteiger partial charge in [0.25, 0.3) is 0 Å². The van der Waals surface area contributed by atoms with Crippen molar-refractivity contribution in [2.24, 2.45) is 5.73 Å². The van der Waals surface area contributed by atoms with Crippen LogP contribution in [0.5, 0.6) is 0 Å². The van der Waals surface area contributed by atoms with Gasteiger partial charge in [-0.05, 0) is 51.6 Å². The first-order valence-corrected chi connectivity index (χ1v) is 8.11. The molecule has 0 bridgehead atoms. The minimum atomic E-state index is 0.227. The Kier molecular flexibility index (Phi) is 4.42. The maximum atomic E-state index is 6.18. The highest BCUT2D eigenvalue weighted by Gasteiger charge is 2.41. The molecule has 2 N–H and O–H groups in total. The van der Waals surface area contributed by atoms with Gasteiger partial charge in [0.2, 0.25) is 0 Å². The van der Waals surface area contributed by atoms with Crippen LogP contribution in [0.25, 0.3) is 0 Å². The lowest BCUT2D eigenvalue weighted by atomic mass is 9.89. The number of hydrogen-bond donors (Lipinski definition) is 1. The van der Waals surface area contributed by atoms with Crippen LogP contribution in [-0.4, -0.2) is 67.3 Å². The van der Waals surface area contributed by atoms with Crippen LogP contribution in [0.3, 0.4) is 0 Å². The molecule has 4 heteroatoms. The van der Waals surface area contributed by atoms with Gasteiger partial charge in [0, 0.05) is 44.4 Å². The summed E-state index contributed by atoms with van der Waals surface area (Å²) in [6.45, 7) is 7.71. The van der Waals surface area contributed by atoms with E-state index >= 15 is 0 Å². The van der Waals surface area contributed by atoms with Crippen molar-refractivity contribution in [1.29, 1.82) is 0 Å². The highest BCUT2D eigenvalue weighted by atomic mass is 16.5. The maximum Gasteiger partial charge on any atom is 0.0484 e. The summed E-state index contributed by atoms with van der Waals surface area (Å²) in [7, 11) is 0. The van der Waals surface area contributed by atoms with Crippen molar-refractivity contribution < 1.29 is 4.74 Å². The third-order valence-electron chi connectivity index (χ3n) is 5.51. The molecule has 0 aromatic carbocycles. The number of rotatable bonds is 3. The first kappa shape index (κ1) is 13.8. The van der Waals surface area contributed by atoms with Crippen LogP contribution in [0.2, 0.25) is 0 Å². The van der Waals surface area contributed by atoms with Gasteiger partial charge in [0.05, 0.1) is 0 Å². The lowest BCUT2D eigenvalue weighted by Gasteiger charge is -2.41. The minimum absolute atomic E-state index is 0.227. The maximum absolute atomic E-state index is 6.18. The van der Waals surface area contributed by atoms with Crippen LogP contribution >= 0.6 is 0 Å². The molecule has 3 rings (SSSR count). The molecule has 4 nitrogen and oxygen atoms in total. The summed E-state index contributed by atoms with van der Waals surface area (Å²) >= 11 is 0. The highest BCUT2D eigenvalue weighted by molar-refractivity contribution is 4.98. The summed E-state index contributed by atoms with van der Waals surface area (Å²) in [5, 5.41) is 0. The highest BCUT2D eigenvalue weighted by Crippen LogP contribution is 2.32. The Morgan fingerprint density at radius 2 is 1.89 bits per heavy atom. The zero-order valence-electron chi connectivity index (χ0n) is 12.1. The summed E-state index contributed by atoms with van der Waals surface area (Å²) in [5.74, 6) is 0. The van der Waals surface area contributed by atoms with E-state index in [1.165, 1.54) is 58.3 Å². The smallest absolute Gasteiger partial charge is 0.0484 e. The molecule has 0 aromatic rings. The molecule has 0 aromatic heterocycles. The van der Waals surface area contributed by atoms with Gasteiger partial charge < -0.3 is 10.5 Å². The van der Waals surface area contributed by atoms with Gasteiger partial charge in [-0.3, -0.25) is 9.80 Å². The molecule has 3 fully saturated rings. The molecule has 0 aliphatic carbocycles. The molecule has 3 aliphatic heterocycles. The largest absolute Gasteiger partial charge is 0.381 e. The van der Waals surface area contributed by atoms with E-state index < -0.39 is 0 Å². The Morgan fingerprint density at radius 3 is 2.68 bits per heavy atom. The standard InChI is InChI=1S/C15H29N3O/c16-13-15(5-3-10-19-11-6-15)18-9-4-14(12-18)17-7-1-2-8-17/h14H,1-13,16H2. The molecule has 2 unspecified atom stereocenters. The molecule has 0 amide bonds. The van der Waals surface area contributed by atoms with Crippen molar-refractivity contribution in [1.82, 2.24) is 9.80 Å². The number of nitrogens with zero attached hydrogens (tertiary/aromatic N) is 2. The molecule has 110 valence electrons. The molecule has 0 saturated carbocycles. The molecule has 0 radical (unpaired) electrons. The van der Waals surface area contributed by atoms with Gasteiger partial charge in [0.1, 0.15) is 0 Å². The summed E-state index contributed by atoms with van der Waals surface area (Å²) in [6, 6.07) is 0.787. The Bertz CT molecular complexity index is 283. The van der Waals surface area contributed by atoms with Crippen molar-refractivity contribution in [3.8, 4) is 0 Å². The topological polar surface area (TPSA) is 41.7 Å². The van der Waals surface area contributed by atoms with Gasteiger partial charge >= 0.3 is 0 Å². The van der Waals surface area contributed by atoms with E-state index in [2.05, 4.69) is 9.80 Å². The van der Waals surface area contributed by atoms with E-state index in [0.29, 0.717) is 0 Å².